The van der Waals surface area contributed by atoms with Gasteiger partial charge in [0.05, 0.1) is 29.1 Å². The molecule has 0 saturated heterocycles. The molecular formula is C20H14F3N3O3S2. The normalized spacial score (nSPS) is 15.2. The van der Waals surface area contributed by atoms with Crippen molar-refractivity contribution < 1.29 is 26.4 Å². The number of amides is 2. The van der Waals surface area contributed by atoms with Gasteiger partial charge in [-0.15, -0.1) is 11.8 Å². The number of pyridine rings is 1. The minimum Gasteiger partial charge on any atom is -0.287 e. The van der Waals surface area contributed by atoms with E-state index in [1.807, 2.05) is 0 Å². The van der Waals surface area contributed by atoms with Crippen LogP contribution in [0.2, 0.25) is 0 Å². The summed E-state index contributed by atoms with van der Waals surface area (Å²) in [6, 6.07) is 8.53. The summed E-state index contributed by atoms with van der Waals surface area (Å²) in [5, 5.41) is 0.610. The largest absolute Gasteiger partial charge is 0.343 e. The Labute approximate surface area is 180 Å². The molecule has 31 heavy (non-hydrogen) atoms. The number of hydrogen-bond donors (Lipinski definition) is 0. The molecule has 0 N–H and O–H groups in total. The summed E-state index contributed by atoms with van der Waals surface area (Å²) in [4.78, 5) is 18.1. The second kappa shape index (κ2) is 7.89. The van der Waals surface area contributed by atoms with Crippen LogP contribution in [0.25, 0.3) is 0 Å². The van der Waals surface area contributed by atoms with Gasteiger partial charge in [0, 0.05) is 17.7 Å². The van der Waals surface area contributed by atoms with Gasteiger partial charge in [0.2, 0.25) is 0 Å². The Kier molecular flexibility index (Phi) is 5.40. The third kappa shape index (κ3) is 3.63. The maximum atomic E-state index is 14.3. The van der Waals surface area contributed by atoms with Gasteiger partial charge in [0.1, 0.15) is 22.3 Å². The quantitative estimate of drug-likeness (QED) is 0.529. The molecular weight excluding hydrogens is 451 g/mol. The third-order valence-electron chi connectivity index (χ3n) is 4.67. The van der Waals surface area contributed by atoms with Gasteiger partial charge in [-0.2, -0.15) is 4.31 Å². The zero-order valence-corrected chi connectivity index (χ0v) is 17.6. The summed E-state index contributed by atoms with van der Waals surface area (Å²) in [7, 11) is -4.31. The lowest BCUT2D eigenvalue weighted by Crippen LogP contribution is -2.51. The molecule has 2 amide bonds. The van der Waals surface area contributed by atoms with Crippen LogP contribution in [0.5, 0.6) is 0 Å². The van der Waals surface area contributed by atoms with Gasteiger partial charge in [0.25, 0.3) is 10.0 Å². The number of sulfonamides is 1. The molecule has 1 aromatic heterocycles. The van der Waals surface area contributed by atoms with E-state index in [0.717, 1.165) is 4.90 Å². The van der Waals surface area contributed by atoms with Crippen molar-refractivity contribution >= 4 is 39.2 Å². The molecule has 0 radical (unpaired) electrons. The van der Waals surface area contributed by atoms with Crippen molar-refractivity contribution in [2.24, 2.45) is 0 Å². The van der Waals surface area contributed by atoms with Crippen LogP contribution in [0.15, 0.2) is 64.6 Å². The first-order valence-electron chi connectivity index (χ1n) is 8.83. The molecule has 2 aromatic carbocycles. The average molecular weight is 465 g/mol. The molecule has 0 bridgehead atoms. The van der Waals surface area contributed by atoms with E-state index in [-0.39, 0.29) is 16.3 Å². The van der Waals surface area contributed by atoms with Crippen LogP contribution in [0.1, 0.15) is 5.56 Å². The second-order valence-corrected chi connectivity index (χ2v) is 9.09. The van der Waals surface area contributed by atoms with Gasteiger partial charge in [0.15, 0.2) is 0 Å². The first-order chi connectivity index (χ1) is 14.7. The number of fused-ring (bicyclic) bond motifs is 1. The van der Waals surface area contributed by atoms with Gasteiger partial charge in [-0.1, -0.05) is 12.1 Å². The first-order valence-corrected chi connectivity index (χ1v) is 11.5. The predicted octanol–water partition coefficient (Wildman–Crippen LogP) is 4.56. The number of halogens is 3. The molecule has 1 aliphatic heterocycles. The monoisotopic (exact) mass is 465 g/mol. The summed E-state index contributed by atoms with van der Waals surface area (Å²) in [6.07, 6.45) is 3.01. The number of para-hydroxylation sites is 1. The molecule has 3 aromatic rings. The summed E-state index contributed by atoms with van der Waals surface area (Å²) < 4.78 is 68.7. The fourth-order valence-electron chi connectivity index (χ4n) is 3.21. The van der Waals surface area contributed by atoms with Crippen molar-refractivity contribution in [1.29, 1.82) is 0 Å². The fraction of sp³-hybridized carbons (Fsp3) is 0.100. The summed E-state index contributed by atoms with van der Waals surface area (Å²) in [6.45, 7) is -0.643. The maximum absolute atomic E-state index is 14.3. The fourth-order valence-corrected chi connectivity index (χ4v) is 5.15. The predicted molar refractivity (Wildman–Crippen MR) is 110 cm³/mol. The second-order valence-electron chi connectivity index (χ2n) is 6.51. The minimum absolute atomic E-state index is 0.0256. The number of rotatable bonds is 4. The van der Waals surface area contributed by atoms with E-state index in [1.165, 1.54) is 48.3 Å². The lowest BCUT2D eigenvalue weighted by atomic mass is 10.1. The Morgan fingerprint density at radius 3 is 2.32 bits per heavy atom. The molecule has 4 rings (SSSR count). The van der Waals surface area contributed by atoms with Crippen LogP contribution in [0.3, 0.4) is 0 Å². The van der Waals surface area contributed by atoms with Crippen molar-refractivity contribution in [1.82, 2.24) is 4.98 Å². The van der Waals surface area contributed by atoms with E-state index >= 15 is 0 Å². The van der Waals surface area contributed by atoms with Gasteiger partial charge < -0.3 is 0 Å². The number of carbonyl (C=O) groups excluding carboxylic acids is 1. The number of aromatic nitrogens is 1. The number of benzene rings is 2. The summed E-state index contributed by atoms with van der Waals surface area (Å²) >= 11 is 1.33. The van der Waals surface area contributed by atoms with Crippen LogP contribution in [-0.4, -0.2) is 25.7 Å². The van der Waals surface area contributed by atoms with Crippen LogP contribution in [0.4, 0.5) is 29.3 Å². The molecule has 0 saturated carbocycles. The average Bonchev–Trinajstić information content (AvgIpc) is 2.73. The van der Waals surface area contributed by atoms with E-state index < -0.39 is 45.6 Å². The molecule has 0 aliphatic carbocycles. The van der Waals surface area contributed by atoms with Gasteiger partial charge in [-0.25, -0.2) is 31.4 Å². The Bertz CT molecular complexity index is 1260. The summed E-state index contributed by atoms with van der Waals surface area (Å²) in [5.74, 6) is -3.48. The number of nitrogens with zero attached hydrogens (tertiary/aromatic N) is 3. The molecule has 0 fully saturated rings. The van der Waals surface area contributed by atoms with Crippen LogP contribution in [0, 0.1) is 17.5 Å². The van der Waals surface area contributed by atoms with Gasteiger partial charge in [-0.3, -0.25) is 4.90 Å². The SMILES string of the molecule is CSc1ccc(N2C(=O)N(Cc3c(F)cc(F)cc3F)c3ccccc3S2(=O)=O)cn1. The number of carbonyl (C=O) groups is 1. The van der Waals surface area contributed by atoms with E-state index in [0.29, 0.717) is 21.5 Å². The number of hydrogen-bond acceptors (Lipinski definition) is 5. The van der Waals surface area contributed by atoms with E-state index in [1.54, 1.807) is 12.3 Å². The van der Waals surface area contributed by atoms with Crippen molar-refractivity contribution in [3.05, 3.63) is 77.7 Å². The van der Waals surface area contributed by atoms with Crippen LogP contribution in [-0.2, 0) is 16.6 Å². The number of urea groups is 1. The highest BCUT2D eigenvalue weighted by atomic mass is 32.2. The maximum Gasteiger partial charge on any atom is 0.343 e. The standard InChI is InChI=1S/C20H14F3N3O3S2/c1-30-19-7-6-13(10-24-19)26-20(27)25(11-14-15(22)8-12(21)9-16(14)23)17-4-2-3-5-18(17)31(26,28)29/h2-10H,11H2,1H3. The van der Waals surface area contributed by atoms with Crippen molar-refractivity contribution in [3.8, 4) is 0 Å². The zero-order chi connectivity index (χ0) is 22.3. The molecule has 2 heterocycles. The Hall–Kier alpha value is -3.05. The molecule has 160 valence electrons. The highest BCUT2D eigenvalue weighted by Gasteiger charge is 2.43. The van der Waals surface area contributed by atoms with E-state index in [4.69, 9.17) is 0 Å². The Balaban J connectivity index is 1.86. The van der Waals surface area contributed by atoms with Crippen molar-refractivity contribution in [3.63, 3.8) is 0 Å². The minimum atomic E-state index is -4.31. The molecule has 11 heteroatoms. The molecule has 0 spiro atoms. The topological polar surface area (TPSA) is 70.6 Å². The lowest BCUT2D eigenvalue weighted by Gasteiger charge is -2.36. The van der Waals surface area contributed by atoms with Gasteiger partial charge in [-0.05, 0) is 30.5 Å². The van der Waals surface area contributed by atoms with Crippen LogP contribution < -0.4 is 9.21 Å². The lowest BCUT2D eigenvalue weighted by molar-refractivity contribution is 0.253. The Morgan fingerprint density at radius 2 is 1.71 bits per heavy atom. The third-order valence-corrected chi connectivity index (χ3v) is 7.07. The van der Waals surface area contributed by atoms with E-state index in [2.05, 4.69) is 4.98 Å². The van der Waals surface area contributed by atoms with Crippen LogP contribution >= 0.6 is 11.8 Å². The van der Waals surface area contributed by atoms with Crippen molar-refractivity contribution in [2.45, 2.75) is 16.5 Å². The van der Waals surface area contributed by atoms with Gasteiger partial charge >= 0.3 is 6.03 Å². The summed E-state index contributed by atoms with van der Waals surface area (Å²) in [5.41, 5.74) is -0.637. The number of thioether (sulfide) groups is 1. The first kappa shape index (κ1) is 21.2. The molecule has 6 nitrogen and oxygen atoms in total. The molecule has 0 atom stereocenters. The Morgan fingerprint density at radius 1 is 1.03 bits per heavy atom. The van der Waals surface area contributed by atoms with E-state index in [9.17, 15) is 26.4 Å². The number of anilines is 2. The molecule has 1 aliphatic rings. The molecule has 0 unspecified atom stereocenters. The van der Waals surface area contributed by atoms with Crippen molar-refractivity contribution in [2.75, 3.05) is 15.5 Å². The highest BCUT2D eigenvalue weighted by molar-refractivity contribution is 7.98. The highest BCUT2D eigenvalue weighted by Crippen LogP contribution is 2.38. The smallest absolute Gasteiger partial charge is 0.287 e. The zero-order valence-electron chi connectivity index (χ0n) is 15.9.